The number of benzene rings is 1. The predicted octanol–water partition coefficient (Wildman–Crippen LogP) is 2.57. The molecule has 0 saturated heterocycles. The van der Waals surface area contributed by atoms with Crippen molar-refractivity contribution < 1.29 is 17.9 Å². The third kappa shape index (κ3) is 9.85. The van der Waals surface area contributed by atoms with Gasteiger partial charge in [-0.3, -0.25) is 4.99 Å². The number of rotatable bonds is 8. The molecule has 0 amide bonds. The summed E-state index contributed by atoms with van der Waals surface area (Å²) in [6.45, 7) is 3.23. The number of ether oxygens (including phenoxy) is 1. The molecule has 25 heavy (non-hydrogen) atoms. The molecule has 1 rings (SSSR count). The highest BCUT2D eigenvalue weighted by Crippen LogP contribution is 2.29. The van der Waals surface area contributed by atoms with E-state index in [-0.39, 0.29) is 30.5 Å². The molecule has 1 aromatic carbocycles. The Balaban J connectivity index is 0.00000576. The summed E-state index contributed by atoms with van der Waals surface area (Å²) in [5.74, 6) is 0.549. The Morgan fingerprint density at radius 1 is 1.24 bits per heavy atom. The van der Waals surface area contributed by atoms with Crippen molar-refractivity contribution in [3.05, 3.63) is 35.4 Å². The van der Waals surface area contributed by atoms with Crippen LogP contribution in [0.15, 0.2) is 29.3 Å². The monoisotopic (exact) mass is 474 g/mol. The summed E-state index contributed by atoms with van der Waals surface area (Å²) < 4.78 is 43.1. The van der Waals surface area contributed by atoms with Crippen molar-refractivity contribution in [3.63, 3.8) is 0 Å². The van der Waals surface area contributed by atoms with Crippen molar-refractivity contribution in [3.8, 4) is 0 Å². The summed E-state index contributed by atoms with van der Waals surface area (Å²) in [7, 11) is 5.27. The van der Waals surface area contributed by atoms with Crippen molar-refractivity contribution in [2.45, 2.75) is 12.7 Å². The minimum absolute atomic E-state index is 0. The number of likely N-dealkylation sites (N-methyl/N-ethyl adjacent to an activating group) is 1. The summed E-state index contributed by atoms with van der Waals surface area (Å²) in [5.41, 5.74) is -0.102. The van der Waals surface area contributed by atoms with Crippen LogP contribution in [0.4, 0.5) is 13.2 Å². The topological polar surface area (TPSA) is 48.9 Å². The molecule has 0 spiro atoms. The minimum atomic E-state index is -4.33. The normalized spacial score (nSPS) is 12.0. The van der Waals surface area contributed by atoms with E-state index in [0.29, 0.717) is 24.7 Å². The van der Waals surface area contributed by atoms with Crippen molar-refractivity contribution in [2.24, 2.45) is 4.99 Å². The first-order valence-corrected chi connectivity index (χ1v) is 7.65. The standard InChI is InChI=1S/C16H25F3N4O.HI/c1-20-15(21-7-8-23(2)9-10-24-3)22-12-13-5-4-6-14(11-13)16(17,18)19;/h4-6,11H,7-10,12H2,1-3H3,(H2,20,21,22);1H. The van der Waals surface area contributed by atoms with E-state index in [1.807, 2.05) is 7.05 Å². The lowest BCUT2D eigenvalue weighted by Crippen LogP contribution is -2.41. The highest BCUT2D eigenvalue weighted by molar-refractivity contribution is 14.0. The van der Waals surface area contributed by atoms with Gasteiger partial charge < -0.3 is 20.3 Å². The zero-order valence-corrected chi connectivity index (χ0v) is 17.0. The molecule has 0 aliphatic heterocycles. The van der Waals surface area contributed by atoms with E-state index in [1.165, 1.54) is 6.07 Å². The van der Waals surface area contributed by atoms with Crippen molar-refractivity contribution in [1.82, 2.24) is 15.5 Å². The van der Waals surface area contributed by atoms with E-state index in [2.05, 4.69) is 20.5 Å². The van der Waals surface area contributed by atoms with Gasteiger partial charge in [0.2, 0.25) is 0 Å². The van der Waals surface area contributed by atoms with E-state index >= 15 is 0 Å². The average Bonchev–Trinajstić information content (AvgIpc) is 2.55. The molecular formula is C16H26F3IN4O. The summed E-state index contributed by atoms with van der Waals surface area (Å²) in [4.78, 5) is 6.17. The highest BCUT2D eigenvalue weighted by atomic mass is 127. The number of hydrogen-bond acceptors (Lipinski definition) is 3. The van der Waals surface area contributed by atoms with Crippen LogP contribution in [0.1, 0.15) is 11.1 Å². The number of hydrogen-bond donors (Lipinski definition) is 2. The Hall–Kier alpha value is -1.07. The zero-order valence-electron chi connectivity index (χ0n) is 14.7. The van der Waals surface area contributed by atoms with Crippen LogP contribution in [0.25, 0.3) is 0 Å². The SMILES string of the molecule is CN=C(NCCN(C)CCOC)NCc1cccc(C(F)(F)F)c1.I. The number of alkyl halides is 3. The molecule has 0 aliphatic rings. The lowest BCUT2D eigenvalue weighted by Gasteiger charge is -2.18. The third-order valence-electron chi connectivity index (χ3n) is 3.40. The maximum absolute atomic E-state index is 12.7. The zero-order chi connectivity index (χ0) is 18.0. The number of guanidine groups is 1. The van der Waals surface area contributed by atoms with E-state index < -0.39 is 11.7 Å². The van der Waals surface area contributed by atoms with Gasteiger partial charge in [-0.1, -0.05) is 12.1 Å². The van der Waals surface area contributed by atoms with Gasteiger partial charge >= 0.3 is 6.18 Å². The van der Waals surface area contributed by atoms with E-state index in [0.717, 1.165) is 25.2 Å². The molecular weight excluding hydrogens is 448 g/mol. The fourth-order valence-corrected chi connectivity index (χ4v) is 1.99. The van der Waals surface area contributed by atoms with Crippen molar-refractivity contribution in [1.29, 1.82) is 0 Å². The number of nitrogens with one attached hydrogen (secondary N) is 2. The molecule has 0 fully saturated rings. The fourth-order valence-electron chi connectivity index (χ4n) is 1.99. The Bertz CT molecular complexity index is 526. The van der Waals surface area contributed by atoms with Crippen LogP contribution < -0.4 is 10.6 Å². The molecule has 0 heterocycles. The van der Waals surface area contributed by atoms with Crippen LogP contribution in [0.5, 0.6) is 0 Å². The van der Waals surface area contributed by atoms with E-state index in [1.54, 1.807) is 20.2 Å². The van der Waals surface area contributed by atoms with Crippen molar-refractivity contribution in [2.75, 3.05) is 47.4 Å². The second-order valence-electron chi connectivity index (χ2n) is 5.35. The molecule has 0 radical (unpaired) electrons. The molecule has 5 nitrogen and oxygen atoms in total. The lowest BCUT2D eigenvalue weighted by molar-refractivity contribution is -0.137. The third-order valence-corrected chi connectivity index (χ3v) is 3.40. The van der Waals surface area contributed by atoms with Crippen LogP contribution in [-0.2, 0) is 17.5 Å². The molecule has 0 atom stereocenters. The first-order chi connectivity index (χ1) is 11.4. The van der Waals surface area contributed by atoms with Crippen LogP contribution in [0, 0.1) is 0 Å². The van der Waals surface area contributed by atoms with Gasteiger partial charge in [-0.2, -0.15) is 13.2 Å². The first kappa shape index (κ1) is 23.9. The molecule has 9 heteroatoms. The molecule has 0 aliphatic carbocycles. The predicted molar refractivity (Wildman–Crippen MR) is 104 cm³/mol. The second kappa shape index (κ2) is 12.3. The van der Waals surface area contributed by atoms with Crippen LogP contribution in [0.2, 0.25) is 0 Å². The van der Waals surface area contributed by atoms with Gasteiger partial charge in [0.1, 0.15) is 0 Å². The molecule has 1 aromatic rings. The Kier molecular flexibility index (Phi) is 11.8. The largest absolute Gasteiger partial charge is 0.416 e. The van der Waals surface area contributed by atoms with Gasteiger partial charge in [-0.25, -0.2) is 0 Å². The van der Waals surface area contributed by atoms with Gasteiger partial charge in [0.05, 0.1) is 12.2 Å². The van der Waals surface area contributed by atoms with Crippen molar-refractivity contribution >= 4 is 29.9 Å². The van der Waals surface area contributed by atoms with Gasteiger partial charge in [-0.05, 0) is 24.7 Å². The summed E-state index contributed by atoms with van der Waals surface area (Å²) >= 11 is 0. The molecule has 0 saturated carbocycles. The second-order valence-corrected chi connectivity index (χ2v) is 5.35. The maximum Gasteiger partial charge on any atom is 0.416 e. The fraction of sp³-hybridized carbons (Fsp3) is 0.562. The molecule has 144 valence electrons. The number of methoxy groups -OCH3 is 1. The molecule has 2 N–H and O–H groups in total. The van der Waals surface area contributed by atoms with Gasteiger partial charge in [0, 0.05) is 40.3 Å². The highest BCUT2D eigenvalue weighted by Gasteiger charge is 2.30. The molecule has 0 unspecified atom stereocenters. The Morgan fingerprint density at radius 2 is 1.96 bits per heavy atom. The van der Waals surface area contributed by atoms with Gasteiger partial charge in [-0.15, -0.1) is 24.0 Å². The summed E-state index contributed by atoms with van der Waals surface area (Å²) in [6, 6.07) is 5.25. The van der Waals surface area contributed by atoms with Crippen LogP contribution >= 0.6 is 24.0 Å². The average molecular weight is 474 g/mol. The summed E-state index contributed by atoms with van der Waals surface area (Å²) in [6.07, 6.45) is -4.33. The Labute approximate surface area is 164 Å². The van der Waals surface area contributed by atoms with Crippen LogP contribution in [-0.4, -0.2) is 58.3 Å². The summed E-state index contributed by atoms with van der Waals surface area (Å²) in [5, 5.41) is 6.14. The quantitative estimate of drug-likeness (QED) is 0.346. The maximum atomic E-state index is 12.7. The number of nitrogens with zero attached hydrogens (tertiary/aromatic N) is 2. The number of aliphatic imine (C=N–C) groups is 1. The smallest absolute Gasteiger partial charge is 0.383 e. The first-order valence-electron chi connectivity index (χ1n) is 7.65. The molecule has 0 bridgehead atoms. The van der Waals surface area contributed by atoms with E-state index in [4.69, 9.17) is 4.74 Å². The van der Waals surface area contributed by atoms with E-state index in [9.17, 15) is 13.2 Å². The van der Waals surface area contributed by atoms with Gasteiger partial charge in [0.25, 0.3) is 0 Å². The number of halogens is 4. The lowest BCUT2D eigenvalue weighted by atomic mass is 10.1. The molecule has 0 aromatic heterocycles. The van der Waals surface area contributed by atoms with Gasteiger partial charge in [0.15, 0.2) is 5.96 Å². The minimum Gasteiger partial charge on any atom is -0.383 e. The van der Waals surface area contributed by atoms with Crippen LogP contribution in [0.3, 0.4) is 0 Å². The Morgan fingerprint density at radius 3 is 2.56 bits per heavy atom.